The van der Waals surface area contributed by atoms with E-state index in [1.54, 1.807) is 49.4 Å². The van der Waals surface area contributed by atoms with Crippen LogP contribution >= 0.6 is 11.8 Å². The number of aliphatic imine (C=N–C) groups is 1. The first kappa shape index (κ1) is 32.5. The van der Waals surface area contributed by atoms with Crippen LogP contribution in [0, 0.1) is 6.92 Å². The van der Waals surface area contributed by atoms with E-state index in [4.69, 9.17) is 4.74 Å². The van der Waals surface area contributed by atoms with E-state index in [0.29, 0.717) is 22.5 Å². The molecule has 10 nitrogen and oxygen atoms in total. The third kappa shape index (κ3) is 8.42. The van der Waals surface area contributed by atoms with Crippen molar-refractivity contribution in [1.29, 1.82) is 0 Å². The number of hydrogen-bond acceptors (Lipinski definition) is 7. The van der Waals surface area contributed by atoms with Crippen LogP contribution in [0.4, 0.5) is 42.5 Å². The van der Waals surface area contributed by atoms with Gasteiger partial charge in [-0.3, -0.25) is 9.69 Å². The van der Waals surface area contributed by atoms with E-state index in [9.17, 15) is 35.9 Å². The fourth-order valence-corrected chi connectivity index (χ4v) is 5.08. The fraction of sp³-hybridized carbons (Fsp3) is 0.207. The Kier molecular flexibility index (Phi) is 9.34. The lowest BCUT2D eigenvalue weighted by Crippen LogP contribution is -2.31. The standard InChI is InChI=1S/C29H22F6N6O4S/c1-17-2-3-19(13-44-15-28(30,31)32)23(12-17)41-24(42)14-46-27(41)38-26(43)37-20-6-8-21(9-7-20)40-16-36-25(39-40)18-4-10-22(11-5-18)45-29(33,34)35/h2-12,16H,13-15H2,1H3,(H,37,43)/b38-27-. The number of ether oxygens (including phenoxy) is 2. The Labute approximate surface area is 261 Å². The smallest absolute Gasteiger partial charge is 0.406 e. The molecule has 46 heavy (non-hydrogen) atoms. The summed E-state index contributed by atoms with van der Waals surface area (Å²) in [7, 11) is 0. The summed E-state index contributed by atoms with van der Waals surface area (Å²) >= 11 is 1.01. The van der Waals surface area contributed by atoms with E-state index in [-0.39, 0.29) is 28.2 Å². The molecule has 0 radical (unpaired) electrons. The summed E-state index contributed by atoms with van der Waals surface area (Å²) in [5.74, 6) is -0.549. The second-order valence-corrected chi connectivity index (χ2v) is 10.7. The van der Waals surface area contributed by atoms with E-state index in [2.05, 4.69) is 25.1 Å². The summed E-state index contributed by atoms with van der Waals surface area (Å²) in [5, 5.41) is 6.98. The first-order chi connectivity index (χ1) is 21.7. The number of anilines is 2. The van der Waals surface area contributed by atoms with Crippen LogP contribution in [0.3, 0.4) is 0 Å². The molecule has 1 N–H and O–H groups in total. The summed E-state index contributed by atoms with van der Waals surface area (Å²) in [4.78, 5) is 35.0. The van der Waals surface area contributed by atoms with E-state index < -0.39 is 37.7 Å². The number of carbonyl (C=O) groups excluding carboxylic acids is 2. The maximum Gasteiger partial charge on any atom is 0.573 e. The van der Waals surface area contributed by atoms with Crippen molar-refractivity contribution < 1.29 is 45.4 Å². The molecule has 0 atom stereocenters. The number of nitrogens with one attached hydrogen (secondary N) is 1. The summed E-state index contributed by atoms with van der Waals surface area (Å²) in [6, 6.07) is 15.5. The van der Waals surface area contributed by atoms with Gasteiger partial charge in [-0.15, -0.1) is 18.3 Å². The van der Waals surface area contributed by atoms with Crippen LogP contribution in [0.5, 0.6) is 5.75 Å². The number of hydrogen-bond donors (Lipinski definition) is 1. The first-order valence-electron chi connectivity index (χ1n) is 13.2. The molecule has 0 spiro atoms. The number of thioether (sulfide) groups is 1. The number of rotatable bonds is 8. The molecule has 0 saturated carbocycles. The third-order valence-electron chi connectivity index (χ3n) is 6.19. The molecule has 17 heteroatoms. The zero-order valence-electron chi connectivity index (χ0n) is 23.6. The molecular formula is C29H22F6N6O4S. The quantitative estimate of drug-likeness (QED) is 0.204. The van der Waals surface area contributed by atoms with Gasteiger partial charge in [0.1, 0.15) is 18.7 Å². The lowest BCUT2D eigenvalue weighted by Gasteiger charge is -2.20. The van der Waals surface area contributed by atoms with Gasteiger partial charge in [0.05, 0.1) is 23.7 Å². The summed E-state index contributed by atoms with van der Waals surface area (Å²) in [5.41, 5.74) is 2.69. The number of nitrogens with zero attached hydrogens (tertiary/aromatic N) is 5. The number of alkyl halides is 6. The molecule has 4 aromatic rings. The van der Waals surface area contributed by atoms with Crippen molar-refractivity contribution in [2.75, 3.05) is 22.6 Å². The van der Waals surface area contributed by atoms with Crippen LogP contribution in [0.2, 0.25) is 0 Å². The zero-order valence-corrected chi connectivity index (χ0v) is 24.4. The second-order valence-electron chi connectivity index (χ2n) is 9.71. The Hall–Kier alpha value is -4.90. The minimum atomic E-state index is -4.80. The minimum Gasteiger partial charge on any atom is -0.406 e. The molecule has 5 rings (SSSR count). The second kappa shape index (κ2) is 13.2. The van der Waals surface area contributed by atoms with Crippen molar-refractivity contribution in [2.45, 2.75) is 26.1 Å². The lowest BCUT2D eigenvalue weighted by atomic mass is 10.1. The molecule has 0 aliphatic carbocycles. The van der Waals surface area contributed by atoms with Gasteiger partial charge in [0.15, 0.2) is 11.0 Å². The van der Waals surface area contributed by atoms with Crippen molar-refractivity contribution in [3.8, 4) is 22.8 Å². The molecule has 240 valence electrons. The predicted molar refractivity (Wildman–Crippen MR) is 157 cm³/mol. The van der Waals surface area contributed by atoms with Crippen LogP contribution in [0.25, 0.3) is 17.1 Å². The van der Waals surface area contributed by atoms with Gasteiger partial charge in [0.25, 0.3) is 0 Å². The van der Waals surface area contributed by atoms with Gasteiger partial charge in [0, 0.05) is 16.8 Å². The molecule has 3 aromatic carbocycles. The van der Waals surface area contributed by atoms with E-state index >= 15 is 0 Å². The molecular weight excluding hydrogens is 642 g/mol. The third-order valence-corrected chi connectivity index (χ3v) is 7.11. The number of amidine groups is 1. The Morgan fingerprint density at radius 1 is 1.02 bits per heavy atom. The zero-order chi connectivity index (χ0) is 33.1. The van der Waals surface area contributed by atoms with Crippen LogP contribution < -0.4 is 15.0 Å². The maximum atomic E-state index is 12.8. The van der Waals surface area contributed by atoms with Crippen molar-refractivity contribution in [3.63, 3.8) is 0 Å². The molecule has 2 heterocycles. The van der Waals surface area contributed by atoms with E-state index in [0.717, 1.165) is 29.5 Å². The van der Waals surface area contributed by atoms with E-state index in [1.807, 2.05) is 0 Å². The van der Waals surface area contributed by atoms with Gasteiger partial charge in [-0.25, -0.2) is 14.5 Å². The normalized spacial score (nSPS) is 14.6. The molecule has 0 unspecified atom stereocenters. The van der Waals surface area contributed by atoms with Gasteiger partial charge in [-0.2, -0.15) is 18.2 Å². The Morgan fingerprint density at radius 3 is 2.41 bits per heavy atom. The molecule has 1 aromatic heterocycles. The number of urea groups is 1. The number of aryl methyl sites for hydroxylation is 1. The summed E-state index contributed by atoms with van der Waals surface area (Å²) in [6.07, 6.45) is -7.91. The van der Waals surface area contributed by atoms with Gasteiger partial charge < -0.3 is 14.8 Å². The van der Waals surface area contributed by atoms with Crippen molar-refractivity contribution in [2.24, 2.45) is 4.99 Å². The number of halogens is 6. The van der Waals surface area contributed by atoms with Crippen LogP contribution in [0.1, 0.15) is 11.1 Å². The fourth-order valence-electron chi connectivity index (χ4n) is 4.22. The van der Waals surface area contributed by atoms with Gasteiger partial charge in [-0.1, -0.05) is 23.9 Å². The summed E-state index contributed by atoms with van der Waals surface area (Å²) < 4.78 is 85.1. The molecule has 1 aliphatic heterocycles. The highest BCUT2D eigenvalue weighted by Gasteiger charge is 2.33. The van der Waals surface area contributed by atoms with Gasteiger partial charge >= 0.3 is 18.6 Å². The highest BCUT2D eigenvalue weighted by atomic mass is 32.2. The number of carbonyl (C=O) groups is 2. The Bertz CT molecular complexity index is 1760. The van der Waals surface area contributed by atoms with E-state index in [1.165, 1.54) is 28.0 Å². The van der Waals surface area contributed by atoms with Crippen molar-refractivity contribution in [1.82, 2.24) is 14.8 Å². The molecule has 1 aliphatic rings. The minimum absolute atomic E-state index is 0.0248. The lowest BCUT2D eigenvalue weighted by molar-refractivity contribution is -0.274. The highest BCUT2D eigenvalue weighted by Crippen LogP contribution is 2.32. The molecule has 1 saturated heterocycles. The first-order valence-corrected chi connectivity index (χ1v) is 14.2. The van der Waals surface area contributed by atoms with Crippen LogP contribution in [-0.4, -0.2) is 56.8 Å². The Morgan fingerprint density at radius 2 is 1.74 bits per heavy atom. The van der Waals surface area contributed by atoms with Crippen molar-refractivity contribution in [3.05, 3.63) is 84.2 Å². The SMILES string of the molecule is Cc1ccc(COCC(F)(F)F)c(N2C(=O)CS/C2=N\C(=O)Nc2ccc(-n3cnc(-c4ccc(OC(F)(F)F)cc4)n3)cc2)c1. The molecule has 3 amide bonds. The average molecular weight is 665 g/mol. The predicted octanol–water partition coefficient (Wildman–Crippen LogP) is 6.89. The number of amides is 3. The number of benzene rings is 3. The largest absolute Gasteiger partial charge is 0.573 e. The topological polar surface area (TPSA) is 111 Å². The highest BCUT2D eigenvalue weighted by molar-refractivity contribution is 8.15. The monoisotopic (exact) mass is 664 g/mol. The van der Waals surface area contributed by atoms with Gasteiger partial charge in [0.2, 0.25) is 5.91 Å². The average Bonchev–Trinajstić information content (AvgIpc) is 3.60. The maximum absolute atomic E-state index is 12.8. The molecule has 0 bridgehead atoms. The summed E-state index contributed by atoms with van der Waals surface area (Å²) in [6.45, 7) is -0.119. The van der Waals surface area contributed by atoms with Crippen LogP contribution in [-0.2, 0) is 16.1 Å². The molecule has 1 fully saturated rings. The number of aromatic nitrogens is 3. The Balaban J connectivity index is 1.26. The van der Waals surface area contributed by atoms with Gasteiger partial charge in [-0.05, 0) is 67.1 Å². The van der Waals surface area contributed by atoms with Crippen molar-refractivity contribution >= 4 is 40.2 Å². The van der Waals surface area contributed by atoms with Crippen LogP contribution in [0.15, 0.2) is 78.0 Å².